The molecule has 1 aromatic heterocycles. The number of hydrogen-bond donors (Lipinski definition) is 1. The van der Waals surface area contributed by atoms with Gasteiger partial charge in [0.25, 0.3) is 5.91 Å². The van der Waals surface area contributed by atoms with Gasteiger partial charge in [0, 0.05) is 13.5 Å². The van der Waals surface area contributed by atoms with Crippen LogP contribution in [-0.4, -0.2) is 60.2 Å². The number of halogens is 1. The summed E-state index contributed by atoms with van der Waals surface area (Å²) in [5.41, 5.74) is -0.376. The normalized spacial score (nSPS) is 28.7. The summed E-state index contributed by atoms with van der Waals surface area (Å²) in [7, 11) is 3.08. The molecule has 0 bridgehead atoms. The van der Waals surface area contributed by atoms with Crippen molar-refractivity contribution < 1.29 is 19.4 Å². The van der Waals surface area contributed by atoms with Gasteiger partial charge in [0.15, 0.2) is 17.1 Å². The third kappa shape index (κ3) is 1.67. The van der Waals surface area contributed by atoms with Crippen LogP contribution < -0.4 is 15.2 Å². The van der Waals surface area contributed by atoms with Crippen LogP contribution in [0, 0.1) is 3.57 Å². The summed E-state index contributed by atoms with van der Waals surface area (Å²) in [5.74, 6) is -0.282. The Labute approximate surface area is 145 Å². The van der Waals surface area contributed by atoms with Gasteiger partial charge in [-0.1, -0.05) is 0 Å². The Balaban J connectivity index is 2.09. The third-order valence-corrected chi connectivity index (χ3v) is 6.03. The first kappa shape index (κ1) is 15.2. The molecule has 9 heteroatoms. The zero-order chi connectivity index (χ0) is 16.5. The molecule has 124 valence electrons. The molecule has 2 unspecified atom stereocenters. The Bertz CT molecular complexity index is 771. The highest BCUT2D eigenvalue weighted by molar-refractivity contribution is 14.1. The third-order valence-electron chi connectivity index (χ3n) is 4.98. The van der Waals surface area contributed by atoms with Crippen LogP contribution in [0.1, 0.15) is 28.7 Å². The number of aliphatic hydroxyl groups excluding tert-OH is 1. The highest BCUT2D eigenvalue weighted by Gasteiger charge is 2.56. The van der Waals surface area contributed by atoms with Gasteiger partial charge in [-0.25, -0.2) is 4.68 Å². The van der Waals surface area contributed by atoms with Gasteiger partial charge in [-0.05, 0) is 22.6 Å². The number of aromatic nitrogens is 1. The minimum Gasteiger partial charge on any atom is -0.491 e. The van der Waals surface area contributed by atoms with Gasteiger partial charge in [-0.15, -0.1) is 0 Å². The van der Waals surface area contributed by atoms with Gasteiger partial charge in [-0.2, -0.15) is 0 Å². The molecule has 4 rings (SSSR count). The van der Waals surface area contributed by atoms with Crippen LogP contribution in [0.5, 0.6) is 5.75 Å². The molecular formula is C14H16IN3O5. The predicted molar refractivity (Wildman–Crippen MR) is 88.3 cm³/mol. The van der Waals surface area contributed by atoms with Gasteiger partial charge < -0.3 is 19.5 Å². The number of fused-ring (bicyclic) bond motifs is 1. The summed E-state index contributed by atoms with van der Waals surface area (Å²) in [6.07, 6.45) is -0.192. The number of amides is 1. The maximum Gasteiger partial charge on any atom is 0.278 e. The van der Waals surface area contributed by atoms with Crippen molar-refractivity contribution in [3.8, 4) is 5.75 Å². The highest BCUT2D eigenvalue weighted by atomic mass is 127. The van der Waals surface area contributed by atoms with E-state index < -0.39 is 11.8 Å². The number of aliphatic hydroxyl groups is 1. The molecule has 8 nitrogen and oxygen atoms in total. The molecule has 0 aliphatic carbocycles. The lowest BCUT2D eigenvalue weighted by Gasteiger charge is -2.50. The maximum atomic E-state index is 13.0. The van der Waals surface area contributed by atoms with Crippen LogP contribution in [0.4, 0.5) is 0 Å². The van der Waals surface area contributed by atoms with E-state index in [9.17, 15) is 14.7 Å². The first-order chi connectivity index (χ1) is 10.9. The first-order valence-corrected chi connectivity index (χ1v) is 8.36. The van der Waals surface area contributed by atoms with Gasteiger partial charge in [0.05, 0.1) is 36.1 Å². The first-order valence-electron chi connectivity index (χ1n) is 7.28. The average molecular weight is 433 g/mol. The summed E-state index contributed by atoms with van der Waals surface area (Å²) >= 11 is 1.91. The lowest BCUT2D eigenvalue weighted by Crippen LogP contribution is -2.69. The Hall–Kier alpha value is -1.33. The number of nitrogens with zero attached hydrogens (tertiary/aromatic N) is 3. The minimum absolute atomic E-state index is 0.0165. The van der Waals surface area contributed by atoms with E-state index in [4.69, 9.17) is 9.47 Å². The second-order valence-corrected chi connectivity index (χ2v) is 7.05. The quantitative estimate of drug-likeness (QED) is 0.610. The fourth-order valence-corrected chi connectivity index (χ4v) is 4.60. The van der Waals surface area contributed by atoms with Crippen LogP contribution in [0.15, 0.2) is 4.79 Å². The fraction of sp³-hybridized carbons (Fsp3) is 0.571. The Morgan fingerprint density at radius 2 is 2.17 bits per heavy atom. The van der Waals surface area contributed by atoms with Crippen LogP contribution in [0.2, 0.25) is 0 Å². The van der Waals surface area contributed by atoms with Crippen molar-refractivity contribution in [1.82, 2.24) is 9.58 Å². The molecule has 1 aromatic rings. The lowest BCUT2D eigenvalue weighted by molar-refractivity contribution is 0.0311. The molecule has 4 heterocycles. The fourth-order valence-electron chi connectivity index (χ4n) is 3.77. The van der Waals surface area contributed by atoms with E-state index >= 15 is 0 Å². The van der Waals surface area contributed by atoms with Crippen molar-refractivity contribution in [2.45, 2.75) is 18.2 Å². The van der Waals surface area contributed by atoms with Gasteiger partial charge >= 0.3 is 0 Å². The number of ether oxygens (including phenoxy) is 2. The van der Waals surface area contributed by atoms with E-state index in [1.165, 1.54) is 7.11 Å². The van der Waals surface area contributed by atoms with Crippen LogP contribution in [0.25, 0.3) is 0 Å². The molecule has 1 spiro atoms. The Morgan fingerprint density at radius 3 is 2.78 bits per heavy atom. The molecule has 2 atom stereocenters. The molecule has 1 N–H and O–H groups in total. The van der Waals surface area contributed by atoms with E-state index in [1.54, 1.807) is 16.6 Å². The summed E-state index contributed by atoms with van der Waals surface area (Å²) in [6.45, 7) is 1.21. The number of carbonyl (C=O) groups excluding carboxylic acids is 1. The van der Waals surface area contributed by atoms with E-state index in [0.29, 0.717) is 35.4 Å². The van der Waals surface area contributed by atoms with E-state index in [1.807, 2.05) is 27.6 Å². The summed E-state index contributed by atoms with van der Waals surface area (Å²) in [6, 6.07) is 0. The minimum atomic E-state index is -0.837. The topological polar surface area (TPSA) is 84.2 Å². The smallest absolute Gasteiger partial charge is 0.278 e. The molecule has 1 saturated heterocycles. The molecule has 0 saturated carbocycles. The van der Waals surface area contributed by atoms with Gasteiger partial charge in [0.1, 0.15) is 6.10 Å². The average Bonchev–Trinajstić information content (AvgIpc) is 3.14. The molecule has 3 aliphatic rings. The summed E-state index contributed by atoms with van der Waals surface area (Å²) in [5, 5.41) is 12.4. The summed E-state index contributed by atoms with van der Waals surface area (Å²) in [4.78, 5) is 27.1. The molecule has 0 radical (unpaired) electrons. The zero-order valence-corrected chi connectivity index (χ0v) is 14.9. The number of carbonyl (C=O) groups is 1. The van der Waals surface area contributed by atoms with Crippen molar-refractivity contribution in [1.29, 1.82) is 0 Å². The van der Waals surface area contributed by atoms with E-state index in [2.05, 4.69) is 0 Å². The van der Waals surface area contributed by atoms with Crippen LogP contribution in [-0.2, 0) is 4.74 Å². The van der Waals surface area contributed by atoms with Crippen LogP contribution >= 0.6 is 22.6 Å². The molecule has 1 amide bonds. The standard InChI is InChI=1S/C14H16IN3O5/c1-16-13(21)10-12(22-2)11(20)8(15)9-7(19)5-17(18(9)10)14(16)3-4-23-6-14/h7,19H,3-6H2,1-2H3. The largest absolute Gasteiger partial charge is 0.491 e. The van der Waals surface area contributed by atoms with Crippen molar-refractivity contribution >= 4 is 28.5 Å². The summed E-state index contributed by atoms with van der Waals surface area (Å²) < 4.78 is 12.8. The highest BCUT2D eigenvalue weighted by Crippen LogP contribution is 2.42. The number of pyridine rings is 1. The molecule has 1 fully saturated rings. The molecule has 3 aliphatic heterocycles. The second kappa shape index (κ2) is 4.84. The van der Waals surface area contributed by atoms with Crippen LogP contribution in [0.3, 0.4) is 0 Å². The SMILES string of the molecule is COc1c2n3c(c(I)c1=O)C(O)CN3C1(CCOC1)N(C)C2=O. The Kier molecular flexibility index (Phi) is 3.20. The van der Waals surface area contributed by atoms with Crippen molar-refractivity contribution in [2.75, 3.05) is 38.9 Å². The van der Waals surface area contributed by atoms with Gasteiger partial charge in [-0.3, -0.25) is 14.6 Å². The predicted octanol–water partition coefficient (Wildman–Crippen LogP) is -0.351. The molecule has 0 aromatic carbocycles. The molecule has 23 heavy (non-hydrogen) atoms. The van der Waals surface area contributed by atoms with Crippen molar-refractivity contribution in [2.24, 2.45) is 0 Å². The molecular weight excluding hydrogens is 417 g/mol. The zero-order valence-electron chi connectivity index (χ0n) is 12.7. The maximum absolute atomic E-state index is 13.0. The number of likely N-dealkylation sites (N-methyl/N-ethyl adjacent to an activating group) is 1. The number of rotatable bonds is 1. The second-order valence-electron chi connectivity index (χ2n) is 5.97. The van der Waals surface area contributed by atoms with E-state index in [0.717, 1.165) is 0 Å². The lowest BCUT2D eigenvalue weighted by atomic mass is 10.0. The van der Waals surface area contributed by atoms with Crippen molar-refractivity contribution in [3.05, 3.63) is 25.2 Å². The number of methoxy groups -OCH3 is 1. The van der Waals surface area contributed by atoms with Gasteiger partial charge in [0.2, 0.25) is 5.43 Å². The Morgan fingerprint density at radius 1 is 1.43 bits per heavy atom. The van der Waals surface area contributed by atoms with Crippen molar-refractivity contribution in [3.63, 3.8) is 0 Å². The van der Waals surface area contributed by atoms with E-state index in [-0.39, 0.29) is 22.8 Å². The monoisotopic (exact) mass is 433 g/mol. The number of hydrogen-bond acceptors (Lipinski definition) is 6.